The maximum Gasteiger partial charge on any atom is 0.285 e. The molecule has 0 radical (unpaired) electrons. The summed E-state index contributed by atoms with van der Waals surface area (Å²) in [5.74, 6) is -3.50. The molecule has 0 fully saturated rings. The average molecular weight is 282 g/mol. The van der Waals surface area contributed by atoms with E-state index in [2.05, 4.69) is 13.2 Å². The second-order valence-electron chi connectivity index (χ2n) is 3.83. The number of nitrogens with zero attached hydrogens (tertiary/aromatic N) is 2. The van der Waals surface area contributed by atoms with Crippen LogP contribution in [0.3, 0.4) is 0 Å². The second-order valence-corrected chi connectivity index (χ2v) is 3.83. The summed E-state index contributed by atoms with van der Waals surface area (Å²) in [6.07, 6.45) is 2.82. The van der Waals surface area contributed by atoms with Gasteiger partial charge in [0.15, 0.2) is 11.6 Å². The molecule has 1 amide bonds. The predicted octanol–water partition coefficient (Wildman–Crippen LogP) is 2.69. The Labute approximate surface area is 114 Å². The van der Waals surface area contributed by atoms with E-state index < -0.39 is 33.7 Å². The molecule has 0 aliphatic rings. The number of hydrogen-bond acceptors (Lipinski definition) is 3. The zero-order chi connectivity index (χ0) is 15.3. The lowest BCUT2D eigenvalue weighted by Gasteiger charge is -2.19. The fourth-order valence-corrected chi connectivity index (χ4v) is 1.58. The first kappa shape index (κ1) is 15.5. The van der Waals surface area contributed by atoms with Crippen LogP contribution in [0.1, 0.15) is 10.4 Å². The molecule has 106 valence electrons. The number of carbonyl (C=O) groups is 1. The number of nitro groups is 1. The smallest absolute Gasteiger partial charge is 0.285 e. The van der Waals surface area contributed by atoms with Gasteiger partial charge in [0, 0.05) is 13.1 Å². The Morgan fingerprint density at radius 3 is 2.20 bits per heavy atom. The Balaban J connectivity index is 3.32. The van der Waals surface area contributed by atoms with Crippen LogP contribution < -0.4 is 0 Å². The summed E-state index contributed by atoms with van der Waals surface area (Å²) in [6.45, 7) is 7.10. The molecule has 0 aliphatic carbocycles. The van der Waals surface area contributed by atoms with Gasteiger partial charge in [0.05, 0.1) is 11.0 Å². The first-order valence-electron chi connectivity index (χ1n) is 5.56. The van der Waals surface area contributed by atoms with Crippen molar-refractivity contribution in [3.63, 3.8) is 0 Å². The molecule has 1 aromatic carbocycles. The van der Waals surface area contributed by atoms with Crippen LogP contribution in [0.4, 0.5) is 14.5 Å². The van der Waals surface area contributed by atoms with Crippen LogP contribution >= 0.6 is 0 Å². The van der Waals surface area contributed by atoms with E-state index in [1.54, 1.807) is 0 Å². The molecule has 0 bridgehead atoms. The third-order valence-electron chi connectivity index (χ3n) is 2.45. The minimum absolute atomic E-state index is 0.0982. The van der Waals surface area contributed by atoms with Gasteiger partial charge in [0.25, 0.3) is 11.6 Å². The molecule has 1 rings (SSSR count). The number of hydrogen-bond donors (Lipinski definition) is 0. The number of nitro benzene ring substituents is 1. The summed E-state index contributed by atoms with van der Waals surface area (Å²) in [5.41, 5.74) is -1.30. The molecule has 0 atom stereocenters. The SMILES string of the molecule is C=CCN(CC=C)C(=O)c1cc(F)c(F)cc1[N+](=O)[O-]. The highest BCUT2D eigenvalue weighted by Crippen LogP contribution is 2.23. The molecule has 0 N–H and O–H groups in total. The highest BCUT2D eigenvalue weighted by atomic mass is 19.2. The molecule has 0 aromatic heterocycles. The minimum Gasteiger partial charge on any atom is -0.331 e. The average Bonchev–Trinajstić information content (AvgIpc) is 2.40. The Morgan fingerprint density at radius 1 is 1.25 bits per heavy atom. The molecule has 0 saturated heterocycles. The topological polar surface area (TPSA) is 63.5 Å². The van der Waals surface area contributed by atoms with E-state index in [1.165, 1.54) is 17.1 Å². The van der Waals surface area contributed by atoms with Crippen molar-refractivity contribution in [2.45, 2.75) is 0 Å². The summed E-state index contributed by atoms with van der Waals surface area (Å²) in [4.78, 5) is 23.2. The first-order valence-corrected chi connectivity index (χ1v) is 5.56. The molecule has 20 heavy (non-hydrogen) atoms. The van der Waals surface area contributed by atoms with E-state index in [0.29, 0.717) is 12.1 Å². The van der Waals surface area contributed by atoms with Crippen molar-refractivity contribution in [2.75, 3.05) is 13.1 Å². The zero-order valence-corrected chi connectivity index (χ0v) is 10.5. The van der Waals surface area contributed by atoms with Crippen LogP contribution in [-0.4, -0.2) is 28.8 Å². The molecule has 1 aromatic rings. The molecule has 7 heteroatoms. The predicted molar refractivity (Wildman–Crippen MR) is 69.3 cm³/mol. The van der Waals surface area contributed by atoms with Crippen molar-refractivity contribution in [1.29, 1.82) is 0 Å². The molecule has 0 aliphatic heterocycles. The Hall–Kier alpha value is -2.57. The van der Waals surface area contributed by atoms with Gasteiger partial charge in [-0.25, -0.2) is 8.78 Å². The summed E-state index contributed by atoms with van der Waals surface area (Å²) in [7, 11) is 0. The van der Waals surface area contributed by atoms with Crippen molar-refractivity contribution in [3.05, 3.63) is 64.8 Å². The van der Waals surface area contributed by atoms with Crippen molar-refractivity contribution < 1.29 is 18.5 Å². The minimum atomic E-state index is -1.38. The highest BCUT2D eigenvalue weighted by Gasteiger charge is 2.26. The number of rotatable bonds is 6. The third-order valence-corrected chi connectivity index (χ3v) is 2.45. The van der Waals surface area contributed by atoms with Crippen LogP contribution in [-0.2, 0) is 0 Å². The lowest BCUT2D eigenvalue weighted by molar-refractivity contribution is -0.385. The van der Waals surface area contributed by atoms with Crippen molar-refractivity contribution in [3.8, 4) is 0 Å². The number of amides is 1. The highest BCUT2D eigenvalue weighted by molar-refractivity contribution is 5.98. The van der Waals surface area contributed by atoms with E-state index in [4.69, 9.17) is 0 Å². The first-order chi connectivity index (χ1) is 9.42. The molecular formula is C13H12F2N2O3. The normalized spacial score (nSPS) is 9.90. The number of benzene rings is 1. The van der Waals surface area contributed by atoms with Crippen LogP contribution in [0.15, 0.2) is 37.4 Å². The molecule has 0 saturated carbocycles. The van der Waals surface area contributed by atoms with E-state index in [9.17, 15) is 23.7 Å². The molecule has 0 unspecified atom stereocenters. The van der Waals surface area contributed by atoms with Gasteiger partial charge in [-0.15, -0.1) is 13.2 Å². The Kier molecular flexibility index (Phi) is 5.08. The van der Waals surface area contributed by atoms with Gasteiger partial charge in [-0.05, 0) is 6.07 Å². The molecule has 5 nitrogen and oxygen atoms in total. The second kappa shape index (κ2) is 6.55. The van der Waals surface area contributed by atoms with Crippen LogP contribution in [0, 0.1) is 21.7 Å². The van der Waals surface area contributed by atoms with Gasteiger partial charge in [-0.2, -0.15) is 0 Å². The van der Waals surface area contributed by atoms with E-state index in [1.807, 2.05) is 0 Å². The summed E-state index contributed by atoms with van der Waals surface area (Å²) in [5, 5.41) is 10.8. The number of halogens is 2. The fraction of sp³-hybridized carbons (Fsp3) is 0.154. The Morgan fingerprint density at radius 2 is 1.75 bits per heavy atom. The van der Waals surface area contributed by atoms with E-state index in [-0.39, 0.29) is 13.1 Å². The van der Waals surface area contributed by atoms with Crippen molar-refractivity contribution >= 4 is 11.6 Å². The van der Waals surface area contributed by atoms with Gasteiger partial charge in [0.2, 0.25) is 0 Å². The van der Waals surface area contributed by atoms with E-state index >= 15 is 0 Å². The quantitative estimate of drug-likeness (QED) is 0.458. The zero-order valence-electron chi connectivity index (χ0n) is 10.5. The maximum absolute atomic E-state index is 13.2. The lowest BCUT2D eigenvalue weighted by atomic mass is 10.1. The fourth-order valence-electron chi connectivity index (χ4n) is 1.58. The summed E-state index contributed by atoms with van der Waals surface area (Å²) in [6, 6.07) is 0.914. The Bertz CT molecular complexity index is 563. The largest absolute Gasteiger partial charge is 0.331 e. The van der Waals surface area contributed by atoms with Gasteiger partial charge < -0.3 is 4.90 Å². The standard InChI is InChI=1S/C13H12F2N2O3/c1-3-5-16(6-4-2)13(18)9-7-10(14)11(15)8-12(9)17(19)20/h3-4,7-8H,1-2,5-6H2. The molecular weight excluding hydrogens is 270 g/mol. The van der Waals surface area contributed by atoms with Crippen molar-refractivity contribution in [2.24, 2.45) is 0 Å². The molecule has 0 spiro atoms. The van der Waals surface area contributed by atoms with Crippen LogP contribution in [0.5, 0.6) is 0 Å². The van der Waals surface area contributed by atoms with Crippen molar-refractivity contribution in [1.82, 2.24) is 4.90 Å². The van der Waals surface area contributed by atoms with Crippen LogP contribution in [0.2, 0.25) is 0 Å². The van der Waals surface area contributed by atoms with Gasteiger partial charge in [-0.1, -0.05) is 12.2 Å². The summed E-state index contributed by atoms with van der Waals surface area (Å²) < 4.78 is 26.3. The summed E-state index contributed by atoms with van der Waals surface area (Å²) >= 11 is 0. The monoisotopic (exact) mass is 282 g/mol. The van der Waals surface area contributed by atoms with E-state index in [0.717, 1.165) is 0 Å². The lowest BCUT2D eigenvalue weighted by Crippen LogP contribution is -2.32. The number of carbonyl (C=O) groups excluding carboxylic acids is 1. The third kappa shape index (κ3) is 3.25. The van der Waals surface area contributed by atoms with Gasteiger partial charge in [0.1, 0.15) is 5.56 Å². The van der Waals surface area contributed by atoms with Gasteiger partial charge >= 0.3 is 0 Å². The van der Waals surface area contributed by atoms with Gasteiger partial charge in [-0.3, -0.25) is 14.9 Å². The molecule has 0 heterocycles. The van der Waals surface area contributed by atoms with Crippen LogP contribution in [0.25, 0.3) is 0 Å². The maximum atomic E-state index is 13.2.